The molecule has 1 aromatic heterocycles. The number of hydrogen-bond donors (Lipinski definition) is 0. The predicted octanol–water partition coefficient (Wildman–Crippen LogP) is 3.43. The second-order valence-corrected chi connectivity index (χ2v) is 4.83. The van der Waals surface area contributed by atoms with Gasteiger partial charge in [-0.15, -0.1) is 0 Å². The second kappa shape index (κ2) is 5.77. The van der Waals surface area contributed by atoms with Crippen molar-refractivity contribution in [1.29, 1.82) is 0 Å². The normalized spacial score (nSPS) is 12.2. The van der Waals surface area contributed by atoms with Gasteiger partial charge in [0.1, 0.15) is 0 Å². The number of Topliss-reactive ketones (excluding diaryl/α,β-unsaturated/α-hetero) is 1. The number of thiophene rings is 1. The van der Waals surface area contributed by atoms with E-state index in [-0.39, 0.29) is 22.6 Å². The fraction of sp³-hybridized carbons (Fsp3) is 0.545. The van der Waals surface area contributed by atoms with Gasteiger partial charge in [-0.2, -0.15) is 0 Å². The van der Waals surface area contributed by atoms with E-state index in [1.807, 2.05) is 13.8 Å². The molecule has 0 N–H and O–H groups in total. The maximum Gasteiger partial charge on any atom is 0.323 e. The highest BCUT2D eigenvalue weighted by atomic mass is 32.1. The number of hydrogen-bond acceptors (Lipinski definition) is 5. The van der Waals surface area contributed by atoms with Crippen LogP contribution in [0, 0.1) is 10.1 Å². The summed E-state index contributed by atoms with van der Waals surface area (Å²) in [5.41, 5.74) is -0.122. The van der Waals surface area contributed by atoms with E-state index in [2.05, 4.69) is 0 Å². The molecule has 0 radical (unpaired) electrons. The van der Waals surface area contributed by atoms with Gasteiger partial charge in [0, 0.05) is 6.07 Å². The average molecular weight is 257 g/mol. The number of ketones is 1. The Morgan fingerprint density at radius 3 is 2.76 bits per heavy atom. The number of carbonyl (C=O) groups excluding carboxylic acids is 1. The first-order valence-corrected chi connectivity index (χ1v) is 6.23. The lowest BCUT2D eigenvalue weighted by atomic mass is 10.2. The molecule has 0 aliphatic heterocycles. The van der Waals surface area contributed by atoms with Crippen molar-refractivity contribution in [2.75, 3.05) is 0 Å². The van der Waals surface area contributed by atoms with Gasteiger partial charge in [-0.25, -0.2) is 0 Å². The van der Waals surface area contributed by atoms with E-state index in [0.29, 0.717) is 4.88 Å². The Hall–Kier alpha value is -1.43. The van der Waals surface area contributed by atoms with Gasteiger partial charge in [0.2, 0.25) is 0 Å². The van der Waals surface area contributed by atoms with Gasteiger partial charge in [-0.05, 0) is 20.3 Å². The highest BCUT2D eigenvalue weighted by molar-refractivity contribution is 7.16. The number of carbonyl (C=O) groups is 1. The van der Waals surface area contributed by atoms with E-state index in [0.717, 1.165) is 24.2 Å². The smallest absolute Gasteiger partial charge is 0.323 e. The van der Waals surface area contributed by atoms with Crippen molar-refractivity contribution in [2.45, 2.75) is 39.7 Å². The third-order valence-electron chi connectivity index (χ3n) is 2.23. The number of ether oxygens (including phenoxy) is 1. The topological polar surface area (TPSA) is 69.4 Å². The van der Waals surface area contributed by atoms with Crippen LogP contribution in [0.3, 0.4) is 0 Å². The first kappa shape index (κ1) is 13.6. The van der Waals surface area contributed by atoms with Crippen LogP contribution in [-0.4, -0.2) is 16.8 Å². The van der Waals surface area contributed by atoms with Crippen LogP contribution in [-0.2, 0) is 0 Å². The number of nitrogens with zero attached hydrogens (tertiary/aromatic N) is 1. The summed E-state index contributed by atoms with van der Waals surface area (Å²) in [6.45, 7) is 5.26. The zero-order valence-corrected chi connectivity index (χ0v) is 10.9. The molecule has 0 bridgehead atoms. The number of rotatable bonds is 6. The van der Waals surface area contributed by atoms with Crippen molar-refractivity contribution in [3.05, 3.63) is 21.1 Å². The van der Waals surface area contributed by atoms with Gasteiger partial charge in [-0.3, -0.25) is 14.9 Å². The maximum atomic E-state index is 11.2. The van der Waals surface area contributed by atoms with E-state index in [9.17, 15) is 14.9 Å². The molecule has 1 heterocycles. The lowest BCUT2D eigenvalue weighted by Crippen LogP contribution is -2.10. The molecule has 94 valence electrons. The quantitative estimate of drug-likeness (QED) is 0.444. The SMILES string of the molecule is CCCC(C)Oc1sc(C(C)=O)cc1[N+](=O)[O-]. The van der Waals surface area contributed by atoms with Crippen molar-refractivity contribution in [1.82, 2.24) is 0 Å². The molecule has 6 heteroatoms. The van der Waals surface area contributed by atoms with Gasteiger partial charge in [0.05, 0.1) is 15.9 Å². The van der Waals surface area contributed by atoms with Crippen LogP contribution in [0.1, 0.15) is 43.3 Å². The Morgan fingerprint density at radius 1 is 1.65 bits per heavy atom. The fourth-order valence-electron chi connectivity index (χ4n) is 1.40. The van der Waals surface area contributed by atoms with Gasteiger partial charge in [0.25, 0.3) is 5.06 Å². The highest BCUT2D eigenvalue weighted by Crippen LogP contribution is 2.38. The first-order valence-electron chi connectivity index (χ1n) is 5.41. The Morgan fingerprint density at radius 2 is 2.29 bits per heavy atom. The van der Waals surface area contributed by atoms with E-state index in [1.165, 1.54) is 13.0 Å². The summed E-state index contributed by atoms with van der Waals surface area (Å²) in [7, 11) is 0. The van der Waals surface area contributed by atoms with Crippen molar-refractivity contribution in [3.8, 4) is 5.06 Å². The Bertz CT molecular complexity index is 427. The van der Waals surface area contributed by atoms with Crippen LogP contribution in [0.15, 0.2) is 6.07 Å². The zero-order chi connectivity index (χ0) is 13.0. The average Bonchev–Trinajstić information content (AvgIpc) is 2.62. The molecule has 1 atom stereocenters. The first-order chi connectivity index (χ1) is 7.95. The van der Waals surface area contributed by atoms with Crippen molar-refractivity contribution >= 4 is 22.8 Å². The Labute approximate surface area is 104 Å². The number of nitro groups is 1. The molecule has 0 fully saturated rings. The molecule has 0 aromatic carbocycles. The van der Waals surface area contributed by atoms with Crippen LogP contribution in [0.5, 0.6) is 5.06 Å². The van der Waals surface area contributed by atoms with Crippen molar-refractivity contribution < 1.29 is 14.5 Å². The molecule has 1 unspecified atom stereocenters. The summed E-state index contributed by atoms with van der Waals surface area (Å²) in [5, 5.41) is 11.0. The monoisotopic (exact) mass is 257 g/mol. The molecule has 17 heavy (non-hydrogen) atoms. The lowest BCUT2D eigenvalue weighted by Gasteiger charge is -2.10. The molecular weight excluding hydrogens is 242 g/mol. The van der Waals surface area contributed by atoms with Gasteiger partial charge in [0.15, 0.2) is 5.78 Å². The molecule has 0 saturated heterocycles. The Kier molecular flexibility index (Phi) is 4.62. The second-order valence-electron chi connectivity index (χ2n) is 3.81. The molecule has 0 spiro atoms. The van der Waals surface area contributed by atoms with E-state index < -0.39 is 4.92 Å². The largest absolute Gasteiger partial charge is 0.476 e. The van der Waals surface area contributed by atoms with Crippen LogP contribution < -0.4 is 4.74 Å². The minimum atomic E-state index is -0.517. The summed E-state index contributed by atoms with van der Waals surface area (Å²) in [4.78, 5) is 21.8. The molecular formula is C11H15NO4S. The van der Waals surface area contributed by atoms with Gasteiger partial charge >= 0.3 is 5.69 Å². The van der Waals surface area contributed by atoms with Crippen LogP contribution >= 0.6 is 11.3 Å². The minimum absolute atomic E-state index is 0.0860. The Balaban J connectivity index is 2.96. The van der Waals surface area contributed by atoms with Crippen LogP contribution in [0.2, 0.25) is 0 Å². The van der Waals surface area contributed by atoms with E-state index in [4.69, 9.17) is 4.74 Å². The predicted molar refractivity (Wildman–Crippen MR) is 66.0 cm³/mol. The van der Waals surface area contributed by atoms with Gasteiger partial charge < -0.3 is 4.74 Å². The molecule has 0 saturated carbocycles. The molecule has 1 rings (SSSR count). The molecule has 1 aromatic rings. The summed E-state index contributed by atoms with van der Waals surface area (Å²) < 4.78 is 5.50. The summed E-state index contributed by atoms with van der Waals surface area (Å²) >= 11 is 1.04. The summed E-state index contributed by atoms with van der Waals surface area (Å²) in [6.07, 6.45) is 1.68. The third-order valence-corrected chi connectivity index (χ3v) is 3.34. The molecule has 0 amide bonds. The lowest BCUT2D eigenvalue weighted by molar-refractivity contribution is -0.385. The van der Waals surface area contributed by atoms with E-state index >= 15 is 0 Å². The fourth-order valence-corrected chi connectivity index (χ4v) is 2.36. The summed E-state index contributed by atoms with van der Waals surface area (Å²) in [6, 6.07) is 1.28. The van der Waals surface area contributed by atoms with Crippen LogP contribution in [0.25, 0.3) is 0 Å². The van der Waals surface area contributed by atoms with Crippen LogP contribution in [0.4, 0.5) is 5.69 Å². The standard InChI is InChI=1S/C11H15NO4S/c1-4-5-7(2)16-11-9(12(14)15)6-10(17-11)8(3)13/h6-7H,4-5H2,1-3H3. The third kappa shape index (κ3) is 3.52. The highest BCUT2D eigenvalue weighted by Gasteiger charge is 2.23. The molecule has 5 nitrogen and oxygen atoms in total. The van der Waals surface area contributed by atoms with E-state index in [1.54, 1.807) is 0 Å². The van der Waals surface area contributed by atoms with Gasteiger partial charge in [-0.1, -0.05) is 24.7 Å². The minimum Gasteiger partial charge on any atom is -0.476 e. The zero-order valence-electron chi connectivity index (χ0n) is 10.1. The molecule has 0 aliphatic carbocycles. The maximum absolute atomic E-state index is 11.2. The molecule has 0 aliphatic rings. The van der Waals surface area contributed by atoms with Crippen molar-refractivity contribution in [2.24, 2.45) is 0 Å². The van der Waals surface area contributed by atoms with Crippen molar-refractivity contribution in [3.63, 3.8) is 0 Å². The summed E-state index contributed by atoms with van der Waals surface area (Å²) in [5.74, 6) is -0.184.